The molecular weight excluding hydrogens is 473 g/mol. The van der Waals surface area contributed by atoms with E-state index in [1.807, 2.05) is 0 Å². The molecule has 0 radical (unpaired) electrons. The first-order valence-electron chi connectivity index (χ1n) is 12.9. The van der Waals surface area contributed by atoms with Gasteiger partial charge < -0.3 is 14.2 Å². The Bertz CT molecular complexity index is 1050. The topological polar surface area (TPSA) is 43.2 Å². The van der Waals surface area contributed by atoms with Gasteiger partial charge in [0.2, 0.25) is 0 Å². The van der Waals surface area contributed by atoms with Gasteiger partial charge in [0.15, 0.2) is 5.16 Å². The highest BCUT2D eigenvalue weighted by molar-refractivity contribution is 7.99. The number of aromatic nitrogens is 3. The molecule has 1 aromatic carbocycles. The van der Waals surface area contributed by atoms with E-state index in [-0.39, 0.29) is 5.41 Å². The van der Waals surface area contributed by atoms with E-state index in [1.54, 1.807) is 23.9 Å². The number of rotatable bonds is 7. The molecule has 4 atom stereocenters. The van der Waals surface area contributed by atoms with Gasteiger partial charge in [-0.15, -0.1) is 10.2 Å². The van der Waals surface area contributed by atoms with Gasteiger partial charge in [0.05, 0.1) is 17.8 Å². The number of nitrogens with zero attached hydrogens (tertiary/aromatic N) is 4. The lowest BCUT2D eigenvalue weighted by molar-refractivity contribution is -0.137. The maximum atomic E-state index is 12.9. The molecule has 1 saturated carbocycles. The number of ether oxygens (including phenoxy) is 1. The smallest absolute Gasteiger partial charge is 0.375 e. The lowest BCUT2D eigenvalue weighted by Crippen LogP contribution is -2.25. The minimum Gasteiger partial charge on any atom is -0.375 e. The Labute approximate surface area is 208 Å². The zero-order valence-electron chi connectivity index (χ0n) is 20.1. The molecule has 35 heavy (non-hydrogen) atoms. The van der Waals surface area contributed by atoms with Crippen molar-refractivity contribution in [3.8, 4) is 0 Å². The molecule has 3 aliphatic heterocycles. The van der Waals surface area contributed by atoms with E-state index >= 15 is 0 Å². The standard InChI is InChI=1S/C26H33F3N4OS/c1-32-23(18-13-20-7-8-21(14-18)34-20)30-31-24(32)35-12-2-10-33-11-9-25(16-33)15-22(25)17-3-5-19(6-4-17)26(27,28)29/h3-6,18,20-22H,2,7-16H2,1H3/t18?,20?,21?,22-,25+/m1/s1. The summed E-state index contributed by atoms with van der Waals surface area (Å²) < 4.78 is 46.7. The second kappa shape index (κ2) is 9.06. The molecule has 4 aliphatic rings. The first-order chi connectivity index (χ1) is 16.8. The maximum Gasteiger partial charge on any atom is 0.416 e. The van der Waals surface area contributed by atoms with Crippen LogP contribution in [0.5, 0.6) is 0 Å². The van der Waals surface area contributed by atoms with Crippen LogP contribution in [-0.4, -0.2) is 57.3 Å². The van der Waals surface area contributed by atoms with Gasteiger partial charge in [-0.2, -0.15) is 13.2 Å². The van der Waals surface area contributed by atoms with E-state index in [1.165, 1.54) is 25.0 Å². The summed E-state index contributed by atoms with van der Waals surface area (Å²) in [5, 5.41) is 10.0. The van der Waals surface area contributed by atoms with Crippen molar-refractivity contribution >= 4 is 11.8 Å². The van der Waals surface area contributed by atoms with Crippen molar-refractivity contribution in [3.05, 3.63) is 41.2 Å². The second-order valence-corrected chi connectivity index (χ2v) is 12.1. The Morgan fingerprint density at radius 1 is 1.11 bits per heavy atom. The molecule has 2 aromatic rings. The third-order valence-corrected chi connectivity index (χ3v) is 9.77. The van der Waals surface area contributed by atoms with Crippen LogP contribution in [0.15, 0.2) is 29.4 Å². The zero-order valence-corrected chi connectivity index (χ0v) is 21.0. The molecule has 3 saturated heterocycles. The second-order valence-electron chi connectivity index (χ2n) is 11.0. The van der Waals surface area contributed by atoms with E-state index in [2.05, 4.69) is 26.7 Å². The summed E-state index contributed by atoms with van der Waals surface area (Å²) in [6.07, 6.45) is 4.38. The van der Waals surface area contributed by atoms with Gasteiger partial charge in [0.25, 0.3) is 0 Å². The van der Waals surface area contributed by atoms with Crippen molar-refractivity contribution in [2.75, 3.05) is 25.4 Å². The fourth-order valence-corrected chi connectivity index (χ4v) is 7.52. The van der Waals surface area contributed by atoms with Crippen LogP contribution < -0.4 is 0 Å². The van der Waals surface area contributed by atoms with E-state index in [4.69, 9.17) is 4.74 Å². The third-order valence-electron chi connectivity index (χ3n) is 8.67. The van der Waals surface area contributed by atoms with Crippen LogP contribution in [0, 0.1) is 5.41 Å². The molecule has 1 aliphatic carbocycles. The molecule has 1 spiro atoms. The van der Waals surface area contributed by atoms with Crippen molar-refractivity contribution in [1.29, 1.82) is 0 Å². The van der Waals surface area contributed by atoms with Gasteiger partial charge in [-0.3, -0.25) is 0 Å². The summed E-state index contributed by atoms with van der Waals surface area (Å²) in [6, 6.07) is 5.83. The summed E-state index contributed by atoms with van der Waals surface area (Å²) >= 11 is 1.79. The number of halogens is 3. The highest BCUT2D eigenvalue weighted by Crippen LogP contribution is 2.64. The SMILES string of the molecule is Cn1c(SCCCN2CC[C@]3(C[C@@H]3c3ccc(C(F)(F)F)cc3)C2)nnc1C1CC2CCC(C1)O2. The lowest BCUT2D eigenvalue weighted by atomic mass is 9.95. The van der Waals surface area contributed by atoms with Crippen molar-refractivity contribution in [2.45, 2.75) is 80.3 Å². The molecule has 190 valence electrons. The number of fused-ring (bicyclic) bond motifs is 2. The molecule has 1 aromatic heterocycles. The molecule has 2 unspecified atom stereocenters. The van der Waals surface area contributed by atoms with Crippen LogP contribution in [0.25, 0.3) is 0 Å². The van der Waals surface area contributed by atoms with Crippen LogP contribution >= 0.6 is 11.8 Å². The zero-order chi connectivity index (χ0) is 24.2. The lowest BCUT2D eigenvalue weighted by Gasteiger charge is -2.27. The highest BCUT2D eigenvalue weighted by atomic mass is 32.2. The van der Waals surface area contributed by atoms with Gasteiger partial charge in [0, 0.05) is 25.3 Å². The molecular formula is C26H33F3N4OS. The maximum absolute atomic E-state index is 12.9. The average molecular weight is 507 g/mol. The van der Waals surface area contributed by atoms with Crippen LogP contribution in [-0.2, 0) is 18.0 Å². The number of hydrogen-bond acceptors (Lipinski definition) is 5. The first-order valence-corrected chi connectivity index (χ1v) is 13.9. The number of benzene rings is 1. The van der Waals surface area contributed by atoms with Crippen molar-refractivity contribution in [3.63, 3.8) is 0 Å². The molecule has 4 fully saturated rings. The summed E-state index contributed by atoms with van der Waals surface area (Å²) in [5.41, 5.74) is 0.775. The monoisotopic (exact) mass is 506 g/mol. The molecule has 5 nitrogen and oxygen atoms in total. The first kappa shape index (κ1) is 23.8. The predicted octanol–water partition coefficient (Wildman–Crippen LogP) is 5.62. The predicted molar refractivity (Wildman–Crippen MR) is 129 cm³/mol. The minimum absolute atomic E-state index is 0.272. The van der Waals surface area contributed by atoms with Crippen molar-refractivity contribution < 1.29 is 17.9 Å². The van der Waals surface area contributed by atoms with Crippen molar-refractivity contribution in [2.24, 2.45) is 12.5 Å². The molecule has 0 amide bonds. The Balaban J connectivity index is 0.957. The minimum atomic E-state index is -4.26. The normalized spacial score (nSPS) is 32.6. The molecule has 0 N–H and O–H groups in total. The van der Waals surface area contributed by atoms with E-state index in [0.717, 1.165) is 74.0 Å². The van der Waals surface area contributed by atoms with Crippen LogP contribution in [0.2, 0.25) is 0 Å². The Morgan fingerprint density at radius 3 is 2.57 bits per heavy atom. The number of hydrogen-bond donors (Lipinski definition) is 0. The van der Waals surface area contributed by atoms with Gasteiger partial charge in [-0.25, -0.2) is 0 Å². The van der Waals surface area contributed by atoms with Gasteiger partial charge >= 0.3 is 6.18 Å². The number of alkyl halides is 3. The van der Waals surface area contributed by atoms with Gasteiger partial charge in [-0.1, -0.05) is 23.9 Å². The summed E-state index contributed by atoms with van der Waals surface area (Å²) in [5.74, 6) is 2.99. The van der Waals surface area contributed by atoms with E-state index < -0.39 is 11.7 Å². The average Bonchev–Trinajstić information content (AvgIpc) is 3.06. The fourth-order valence-electron chi connectivity index (χ4n) is 6.68. The van der Waals surface area contributed by atoms with Gasteiger partial charge in [0.1, 0.15) is 5.82 Å². The summed E-state index contributed by atoms with van der Waals surface area (Å²) in [6.45, 7) is 3.20. The highest BCUT2D eigenvalue weighted by Gasteiger charge is 2.57. The molecule has 4 heterocycles. The summed E-state index contributed by atoms with van der Waals surface area (Å²) in [4.78, 5) is 2.53. The van der Waals surface area contributed by atoms with Crippen molar-refractivity contribution in [1.82, 2.24) is 19.7 Å². The fraction of sp³-hybridized carbons (Fsp3) is 0.692. The van der Waals surface area contributed by atoms with E-state index in [0.29, 0.717) is 24.0 Å². The number of likely N-dealkylation sites (tertiary alicyclic amines) is 1. The summed E-state index contributed by atoms with van der Waals surface area (Å²) in [7, 11) is 2.09. The molecule has 9 heteroatoms. The molecule has 6 rings (SSSR count). The Morgan fingerprint density at radius 2 is 1.86 bits per heavy atom. The van der Waals surface area contributed by atoms with Crippen LogP contribution in [0.3, 0.4) is 0 Å². The van der Waals surface area contributed by atoms with Crippen LogP contribution in [0.4, 0.5) is 13.2 Å². The Kier molecular flexibility index (Phi) is 6.16. The number of thioether (sulfide) groups is 1. The third kappa shape index (κ3) is 4.76. The van der Waals surface area contributed by atoms with E-state index in [9.17, 15) is 13.2 Å². The largest absolute Gasteiger partial charge is 0.416 e. The van der Waals surface area contributed by atoms with Crippen LogP contribution in [0.1, 0.15) is 73.7 Å². The molecule has 2 bridgehead atoms. The Hall–Kier alpha value is -1.58. The van der Waals surface area contributed by atoms with Gasteiger partial charge in [-0.05, 0) is 87.1 Å². The quantitative estimate of drug-likeness (QED) is 0.360.